The molecular formula is C10H9ClF3N5O. The van der Waals surface area contributed by atoms with E-state index in [-0.39, 0.29) is 21.9 Å². The van der Waals surface area contributed by atoms with E-state index in [4.69, 9.17) is 11.6 Å². The fraction of sp³-hybridized carbons (Fsp3) is 0.300. The van der Waals surface area contributed by atoms with Gasteiger partial charge in [-0.05, 0) is 0 Å². The fourth-order valence-corrected chi connectivity index (χ4v) is 1.66. The second-order valence-corrected chi connectivity index (χ2v) is 4.26. The highest BCUT2D eigenvalue weighted by atomic mass is 35.5. The Hall–Kier alpha value is -2.03. The van der Waals surface area contributed by atoms with Crippen LogP contribution in [0.1, 0.15) is 5.69 Å². The zero-order valence-electron chi connectivity index (χ0n) is 9.91. The van der Waals surface area contributed by atoms with Crippen molar-refractivity contribution in [1.29, 1.82) is 0 Å². The minimum Gasteiger partial charge on any atom is -0.377 e. The summed E-state index contributed by atoms with van der Waals surface area (Å²) in [5.41, 5.74) is -0.121. The molecule has 0 fully saturated rings. The molecule has 2 heterocycles. The molecule has 0 atom stereocenters. The van der Waals surface area contributed by atoms with E-state index in [2.05, 4.69) is 20.4 Å². The fourth-order valence-electron chi connectivity index (χ4n) is 1.44. The molecular weight excluding hydrogens is 299 g/mol. The largest absolute Gasteiger partial charge is 0.408 e. The van der Waals surface area contributed by atoms with E-state index in [1.54, 1.807) is 6.20 Å². The molecule has 6 nitrogen and oxygen atoms in total. The van der Waals surface area contributed by atoms with E-state index < -0.39 is 18.3 Å². The number of imidazole rings is 1. The number of aromatic amines is 1. The monoisotopic (exact) mass is 307 g/mol. The van der Waals surface area contributed by atoms with Crippen molar-refractivity contribution < 1.29 is 13.2 Å². The summed E-state index contributed by atoms with van der Waals surface area (Å²) in [6.45, 7) is -1.20. The molecule has 0 radical (unpaired) electrons. The number of aromatic nitrogens is 4. The zero-order chi connectivity index (χ0) is 14.8. The van der Waals surface area contributed by atoms with Crippen molar-refractivity contribution >= 4 is 17.3 Å². The molecule has 0 aromatic carbocycles. The highest BCUT2D eigenvalue weighted by molar-refractivity contribution is 6.32. The molecule has 0 saturated heterocycles. The predicted molar refractivity (Wildman–Crippen MR) is 65.5 cm³/mol. The number of nitrogens with one attached hydrogen (secondary N) is 2. The van der Waals surface area contributed by atoms with Crippen molar-refractivity contribution in [2.45, 2.75) is 19.3 Å². The molecule has 0 bridgehead atoms. The van der Waals surface area contributed by atoms with Gasteiger partial charge in [-0.25, -0.2) is 9.67 Å². The topological polar surface area (TPSA) is 75.6 Å². The van der Waals surface area contributed by atoms with Crippen molar-refractivity contribution in [3.05, 3.63) is 39.8 Å². The van der Waals surface area contributed by atoms with E-state index >= 15 is 0 Å². The van der Waals surface area contributed by atoms with Gasteiger partial charge in [-0.2, -0.15) is 18.3 Å². The summed E-state index contributed by atoms with van der Waals surface area (Å²) >= 11 is 5.74. The highest BCUT2D eigenvalue weighted by Crippen LogP contribution is 2.19. The van der Waals surface area contributed by atoms with Crippen LogP contribution >= 0.6 is 11.6 Å². The number of alkyl halides is 3. The van der Waals surface area contributed by atoms with Crippen molar-refractivity contribution in [3.63, 3.8) is 0 Å². The first kappa shape index (κ1) is 14.4. The third-order valence-electron chi connectivity index (χ3n) is 2.34. The number of halogens is 4. The van der Waals surface area contributed by atoms with Crippen LogP contribution < -0.4 is 10.9 Å². The van der Waals surface area contributed by atoms with Crippen LogP contribution in [0, 0.1) is 0 Å². The Kier molecular flexibility index (Phi) is 3.98. The smallest absolute Gasteiger partial charge is 0.377 e. The first-order valence-electron chi connectivity index (χ1n) is 5.40. The average molecular weight is 308 g/mol. The van der Waals surface area contributed by atoms with Crippen molar-refractivity contribution in [2.75, 3.05) is 5.32 Å². The van der Waals surface area contributed by atoms with Gasteiger partial charge in [0.05, 0.1) is 30.5 Å². The van der Waals surface area contributed by atoms with Crippen LogP contribution in [0.2, 0.25) is 5.02 Å². The van der Waals surface area contributed by atoms with E-state index in [9.17, 15) is 18.0 Å². The van der Waals surface area contributed by atoms with Gasteiger partial charge in [-0.15, -0.1) is 0 Å². The van der Waals surface area contributed by atoms with Gasteiger partial charge in [-0.1, -0.05) is 11.6 Å². The minimum absolute atomic E-state index is 0.157. The lowest BCUT2D eigenvalue weighted by Crippen LogP contribution is -2.30. The number of nitrogens with zero attached hydrogens (tertiary/aromatic N) is 3. The summed E-state index contributed by atoms with van der Waals surface area (Å²) in [6.07, 6.45) is -0.436. The molecule has 0 unspecified atom stereocenters. The number of H-pyrrole nitrogens is 1. The molecule has 0 amide bonds. The van der Waals surface area contributed by atoms with Crippen LogP contribution in [0.3, 0.4) is 0 Å². The van der Waals surface area contributed by atoms with Crippen LogP contribution in [0.4, 0.5) is 18.9 Å². The Balaban J connectivity index is 2.16. The number of hydrogen-bond acceptors (Lipinski definition) is 4. The van der Waals surface area contributed by atoms with Crippen LogP contribution in [-0.2, 0) is 13.1 Å². The number of anilines is 1. The van der Waals surface area contributed by atoms with Gasteiger partial charge in [0.1, 0.15) is 11.6 Å². The summed E-state index contributed by atoms with van der Waals surface area (Å²) in [7, 11) is 0. The zero-order valence-corrected chi connectivity index (χ0v) is 10.7. The molecule has 2 aromatic heterocycles. The van der Waals surface area contributed by atoms with E-state index in [1.807, 2.05) is 0 Å². The Morgan fingerprint density at radius 1 is 1.40 bits per heavy atom. The molecule has 0 aliphatic heterocycles. The van der Waals surface area contributed by atoms with Gasteiger partial charge in [0.2, 0.25) is 0 Å². The highest BCUT2D eigenvalue weighted by Gasteiger charge is 2.29. The van der Waals surface area contributed by atoms with Crippen molar-refractivity contribution in [1.82, 2.24) is 19.7 Å². The minimum atomic E-state index is -4.54. The van der Waals surface area contributed by atoms with Crippen molar-refractivity contribution in [2.24, 2.45) is 0 Å². The van der Waals surface area contributed by atoms with Crippen molar-refractivity contribution in [3.8, 4) is 0 Å². The summed E-state index contributed by atoms with van der Waals surface area (Å²) in [4.78, 5) is 18.2. The second kappa shape index (κ2) is 5.53. The summed E-state index contributed by atoms with van der Waals surface area (Å²) < 4.78 is 36.9. The molecule has 0 aliphatic carbocycles. The summed E-state index contributed by atoms with van der Waals surface area (Å²) in [5, 5.41) is 5.88. The molecule has 10 heteroatoms. The molecule has 108 valence electrons. The number of rotatable bonds is 4. The van der Waals surface area contributed by atoms with E-state index in [1.165, 1.54) is 6.33 Å². The Bertz CT molecular complexity index is 637. The molecule has 20 heavy (non-hydrogen) atoms. The Morgan fingerprint density at radius 3 is 2.75 bits per heavy atom. The maximum Gasteiger partial charge on any atom is 0.408 e. The van der Waals surface area contributed by atoms with Gasteiger partial charge in [-0.3, -0.25) is 4.79 Å². The molecule has 0 aliphatic rings. The lowest BCUT2D eigenvalue weighted by Gasteiger charge is -2.11. The molecule has 0 spiro atoms. The quantitative estimate of drug-likeness (QED) is 0.903. The standard InChI is InChI=1S/C10H9ClF3N5O/c11-8-7(16-2-6-1-15-5-17-6)3-18-19(9(8)20)4-10(12,13)14/h1,3,5,16H,2,4H2,(H,15,17). The Morgan fingerprint density at radius 2 is 2.15 bits per heavy atom. The summed E-state index contributed by atoms with van der Waals surface area (Å²) in [5.74, 6) is 0. The molecule has 2 rings (SSSR count). The van der Waals surface area contributed by atoms with Crippen LogP contribution in [0.25, 0.3) is 0 Å². The third kappa shape index (κ3) is 3.50. The maximum absolute atomic E-state index is 12.2. The molecule has 2 aromatic rings. The number of hydrogen-bond donors (Lipinski definition) is 2. The molecule has 0 saturated carbocycles. The van der Waals surface area contributed by atoms with Crippen LogP contribution in [-0.4, -0.2) is 25.9 Å². The van der Waals surface area contributed by atoms with Gasteiger partial charge < -0.3 is 10.3 Å². The van der Waals surface area contributed by atoms with Crippen LogP contribution in [0.5, 0.6) is 0 Å². The first-order chi connectivity index (χ1) is 9.37. The first-order valence-corrected chi connectivity index (χ1v) is 5.78. The second-order valence-electron chi connectivity index (χ2n) is 3.88. The predicted octanol–water partition coefficient (Wildman–Crippen LogP) is 1.79. The van der Waals surface area contributed by atoms with E-state index in [0.717, 1.165) is 11.9 Å². The van der Waals surface area contributed by atoms with Gasteiger partial charge in [0.15, 0.2) is 0 Å². The maximum atomic E-state index is 12.2. The van der Waals surface area contributed by atoms with Gasteiger partial charge in [0.25, 0.3) is 5.56 Å². The lowest BCUT2D eigenvalue weighted by atomic mass is 10.4. The SMILES string of the molecule is O=c1c(Cl)c(NCc2cnc[nH]2)cnn1CC(F)(F)F. The normalized spacial score (nSPS) is 11.6. The van der Waals surface area contributed by atoms with Gasteiger partial charge >= 0.3 is 6.18 Å². The molecule has 2 N–H and O–H groups in total. The Labute approximate surface area is 115 Å². The summed E-state index contributed by atoms with van der Waals surface area (Å²) in [6, 6.07) is 0. The third-order valence-corrected chi connectivity index (χ3v) is 2.70. The lowest BCUT2D eigenvalue weighted by molar-refractivity contribution is -0.143. The van der Waals surface area contributed by atoms with Gasteiger partial charge in [0, 0.05) is 6.20 Å². The average Bonchev–Trinajstić information content (AvgIpc) is 2.86. The van der Waals surface area contributed by atoms with Crippen LogP contribution in [0.15, 0.2) is 23.5 Å². The van der Waals surface area contributed by atoms with E-state index in [0.29, 0.717) is 0 Å².